The molecule has 0 atom stereocenters. The number of hydrogen-bond donors (Lipinski definition) is 1. The number of hydroxylamine groups is 1. The molecule has 1 aromatic rings. The van der Waals surface area contributed by atoms with Crippen LogP contribution in [0.25, 0.3) is 0 Å². The summed E-state index contributed by atoms with van der Waals surface area (Å²) in [6.07, 6.45) is 1.10. The average Bonchev–Trinajstić information content (AvgIpc) is 3.50. The van der Waals surface area contributed by atoms with Crippen molar-refractivity contribution in [2.45, 2.75) is 42.4 Å². The van der Waals surface area contributed by atoms with Gasteiger partial charge in [-0.25, -0.2) is 8.42 Å². The first kappa shape index (κ1) is 18.5. The smallest absolute Gasteiger partial charge is 0.289 e. The summed E-state index contributed by atoms with van der Waals surface area (Å²) in [5.41, 5.74) is 0.769. The fraction of sp³-hybridized carbons (Fsp3) is 0.500. The average molecular weight is 401 g/mol. The molecule has 1 heterocycles. The van der Waals surface area contributed by atoms with Gasteiger partial charge in [-0.3, -0.25) is 15.1 Å². The van der Waals surface area contributed by atoms with Crippen LogP contribution in [0.2, 0.25) is 0 Å². The minimum atomic E-state index is -4.70. The number of sulfone groups is 1. The number of alkyl halides is 3. The van der Waals surface area contributed by atoms with E-state index in [4.69, 9.17) is 4.84 Å². The van der Waals surface area contributed by atoms with Crippen LogP contribution in [0.1, 0.15) is 41.6 Å². The first-order valence-electron chi connectivity index (χ1n) is 8.65. The van der Waals surface area contributed by atoms with E-state index in [0.29, 0.717) is 11.6 Å². The molecule has 1 aliphatic heterocycles. The van der Waals surface area contributed by atoms with Crippen LogP contribution in [0.15, 0.2) is 34.9 Å². The summed E-state index contributed by atoms with van der Waals surface area (Å²) >= 11 is 0. The lowest BCUT2D eigenvalue weighted by atomic mass is 9.80. The highest BCUT2D eigenvalue weighted by Gasteiger charge is 2.61. The van der Waals surface area contributed by atoms with Gasteiger partial charge < -0.3 is 0 Å². The van der Waals surface area contributed by atoms with Crippen LogP contribution < -0.4 is 5.48 Å². The van der Waals surface area contributed by atoms with Gasteiger partial charge in [0.2, 0.25) is 0 Å². The van der Waals surface area contributed by atoms with Gasteiger partial charge in [0.15, 0.2) is 15.6 Å². The summed E-state index contributed by atoms with van der Waals surface area (Å²) in [5, 5.41) is 0. The van der Waals surface area contributed by atoms with Gasteiger partial charge in [0.05, 0.1) is 16.0 Å². The maximum absolute atomic E-state index is 13.2. The van der Waals surface area contributed by atoms with Crippen LogP contribution >= 0.6 is 0 Å². The van der Waals surface area contributed by atoms with Crippen LogP contribution in [0.4, 0.5) is 13.2 Å². The molecule has 0 bridgehead atoms. The van der Waals surface area contributed by atoms with Crippen LogP contribution in [0.3, 0.4) is 0 Å². The van der Waals surface area contributed by atoms with Crippen LogP contribution in [0, 0.1) is 11.8 Å². The second kappa shape index (κ2) is 5.81. The SMILES string of the molecule is CS(=O)(=O)c1cc(C(F)(F)F)ccc1C(=O)C1=CNOC1(C1CC1)C1CC1. The fourth-order valence-electron chi connectivity index (χ4n) is 3.90. The van der Waals surface area contributed by atoms with Crippen LogP contribution in [-0.4, -0.2) is 26.1 Å². The van der Waals surface area contributed by atoms with Gasteiger partial charge in [-0.1, -0.05) is 0 Å². The first-order chi connectivity index (χ1) is 12.5. The van der Waals surface area contributed by atoms with Crippen molar-refractivity contribution >= 4 is 15.6 Å². The Balaban J connectivity index is 1.80. The molecule has 0 unspecified atom stereocenters. The first-order valence-corrected chi connectivity index (χ1v) is 10.5. The summed E-state index contributed by atoms with van der Waals surface area (Å²) in [4.78, 5) is 18.4. The minimum absolute atomic E-state index is 0.159. The van der Waals surface area contributed by atoms with E-state index in [1.54, 1.807) is 0 Å². The lowest BCUT2D eigenvalue weighted by Gasteiger charge is -2.30. The predicted molar refractivity (Wildman–Crippen MR) is 89.4 cm³/mol. The monoisotopic (exact) mass is 401 g/mol. The van der Waals surface area contributed by atoms with E-state index in [2.05, 4.69) is 5.48 Å². The molecule has 2 aliphatic carbocycles. The van der Waals surface area contributed by atoms with Crippen LogP contribution in [0.5, 0.6) is 0 Å². The Morgan fingerprint density at radius 2 is 1.78 bits per heavy atom. The molecule has 0 radical (unpaired) electrons. The zero-order valence-corrected chi connectivity index (χ0v) is 15.3. The number of halogens is 3. The van der Waals surface area contributed by atoms with Crippen molar-refractivity contribution in [3.8, 4) is 0 Å². The van der Waals surface area contributed by atoms with E-state index in [1.165, 1.54) is 6.20 Å². The number of carbonyl (C=O) groups is 1. The molecule has 3 aliphatic rings. The van der Waals surface area contributed by atoms with Crippen molar-refractivity contribution in [2.24, 2.45) is 11.8 Å². The lowest BCUT2D eigenvalue weighted by molar-refractivity contribution is -0.137. The molecule has 27 heavy (non-hydrogen) atoms. The molecular formula is C18H18F3NO4S. The second-order valence-corrected chi connectivity index (χ2v) is 9.41. The summed E-state index contributed by atoms with van der Waals surface area (Å²) < 4.78 is 63.3. The van der Waals surface area contributed by atoms with Gasteiger partial charge in [-0.2, -0.15) is 13.2 Å². The minimum Gasteiger partial charge on any atom is -0.289 e. The number of rotatable bonds is 5. The standard InChI is InChI=1S/C18H18F3NO4S/c1-27(24,25)15-8-12(18(19,20)21)6-7-13(15)16(23)14-9-22-26-17(14,10-2-3-10)11-4-5-11/h6-11,22H,2-5H2,1H3. The fourth-order valence-corrected chi connectivity index (χ4v) is 4.80. The number of benzene rings is 1. The Hall–Kier alpha value is -1.87. The van der Waals surface area contributed by atoms with E-state index in [0.717, 1.165) is 44.1 Å². The number of hydrogen-bond acceptors (Lipinski definition) is 5. The lowest BCUT2D eigenvalue weighted by Crippen LogP contribution is -2.41. The summed E-state index contributed by atoms with van der Waals surface area (Å²) in [6, 6.07) is 2.22. The van der Waals surface area contributed by atoms with Gasteiger partial charge >= 0.3 is 6.18 Å². The Morgan fingerprint density at radius 1 is 1.19 bits per heavy atom. The van der Waals surface area contributed by atoms with Gasteiger partial charge in [0.25, 0.3) is 0 Å². The quantitative estimate of drug-likeness (QED) is 0.767. The number of carbonyl (C=O) groups excluding carboxylic acids is 1. The molecule has 1 N–H and O–H groups in total. The van der Waals surface area contributed by atoms with Crippen molar-refractivity contribution < 1.29 is 31.2 Å². The summed E-state index contributed by atoms with van der Waals surface area (Å²) in [6.45, 7) is 0. The van der Waals surface area contributed by atoms with Gasteiger partial charge in [0, 0.05) is 18.0 Å². The predicted octanol–water partition coefficient (Wildman–Crippen LogP) is 3.27. The zero-order chi connectivity index (χ0) is 19.6. The normalized spacial score (nSPS) is 22.3. The summed E-state index contributed by atoms with van der Waals surface area (Å²) in [5.74, 6) is -0.286. The van der Waals surface area contributed by atoms with Gasteiger partial charge in [0.1, 0.15) is 5.60 Å². The topological polar surface area (TPSA) is 72.5 Å². The van der Waals surface area contributed by atoms with E-state index in [9.17, 15) is 26.4 Å². The molecule has 4 rings (SSSR count). The van der Waals surface area contributed by atoms with E-state index in [1.807, 2.05) is 0 Å². The number of nitrogens with one attached hydrogen (secondary N) is 1. The van der Waals surface area contributed by atoms with Gasteiger partial charge in [-0.05, 0) is 55.7 Å². The Kier molecular flexibility index (Phi) is 3.98. The van der Waals surface area contributed by atoms with Crippen molar-refractivity contribution in [1.82, 2.24) is 5.48 Å². The zero-order valence-electron chi connectivity index (χ0n) is 14.5. The Morgan fingerprint density at radius 3 is 2.26 bits per heavy atom. The molecule has 2 saturated carbocycles. The Bertz CT molecular complexity index is 932. The number of ketones is 1. The maximum atomic E-state index is 13.2. The van der Waals surface area contributed by atoms with E-state index >= 15 is 0 Å². The molecule has 0 aromatic heterocycles. The largest absolute Gasteiger partial charge is 0.416 e. The molecule has 2 fully saturated rings. The highest BCUT2D eigenvalue weighted by atomic mass is 32.2. The Labute approximate surface area is 154 Å². The van der Waals surface area contributed by atoms with Crippen molar-refractivity contribution in [1.29, 1.82) is 0 Å². The highest BCUT2D eigenvalue weighted by molar-refractivity contribution is 7.90. The third-order valence-corrected chi connectivity index (χ3v) is 6.55. The molecular weight excluding hydrogens is 383 g/mol. The highest BCUT2D eigenvalue weighted by Crippen LogP contribution is 2.58. The van der Waals surface area contributed by atoms with Gasteiger partial charge in [-0.15, -0.1) is 0 Å². The molecule has 146 valence electrons. The molecule has 0 amide bonds. The molecule has 1 aromatic carbocycles. The molecule has 9 heteroatoms. The molecule has 0 spiro atoms. The maximum Gasteiger partial charge on any atom is 0.416 e. The summed E-state index contributed by atoms with van der Waals surface area (Å²) in [7, 11) is -4.05. The van der Waals surface area contributed by atoms with Crippen LogP contribution in [-0.2, 0) is 20.9 Å². The molecule has 0 saturated heterocycles. The van der Waals surface area contributed by atoms with Crippen molar-refractivity contribution in [2.75, 3.05) is 6.26 Å². The van der Waals surface area contributed by atoms with Crippen molar-refractivity contribution in [3.63, 3.8) is 0 Å². The van der Waals surface area contributed by atoms with Crippen molar-refractivity contribution in [3.05, 3.63) is 41.1 Å². The second-order valence-electron chi connectivity index (χ2n) is 7.43. The van der Waals surface area contributed by atoms with E-state index < -0.39 is 37.9 Å². The molecule has 5 nitrogen and oxygen atoms in total. The number of Topliss-reactive ketones (excluding diaryl/α,β-unsaturated/α-hetero) is 1. The van der Waals surface area contributed by atoms with E-state index in [-0.39, 0.29) is 17.4 Å². The third kappa shape index (κ3) is 3.06. The third-order valence-electron chi connectivity index (χ3n) is 5.42.